The van der Waals surface area contributed by atoms with E-state index in [0.717, 1.165) is 12.8 Å². The molecule has 1 aliphatic rings. The maximum absolute atomic E-state index is 11.2. The number of hydrogen-bond donors (Lipinski definition) is 1. The van der Waals surface area contributed by atoms with Crippen LogP contribution < -0.4 is 0 Å². The Bertz CT molecular complexity index is 465. The van der Waals surface area contributed by atoms with Crippen LogP contribution >= 0.6 is 0 Å². The van der Waals surface area contributed by atoms with Crippen molar-refractivity contribution in [2.45, 2.75) is 45.4 Å². The van der Waals surface area contributed by atoms with Crippen molar-refractivity contribution >= 4 is 5.97 Å². The van der Waals surface area contributed by atoms with E-state index in [9.17, 15) is 9.90 Å². The Labute approximate surface area is 112 Å². The molecule has 0 bridgehead atoms. The van der Waals surface area contributed by atoms with Gasteiger partial charge in [0.05, 0.1) is 11.8 Å². The third-order valence-corrected chi connectivity index (χ3v) is 3.50. The summed E-state index contributed by atoms with van der Waals surface area (Å²) in [6.45, 7) is 4.29. The van der Waals surface area contributed by atoms with Gasteiger partial charge >= 0.3 is 5.97 Å². The quantitative estimate of drug-likeness (QED) is 0.827. The van der Waals surface area contributed by atoms with E-state index in [2.05, 4.69) is 24.0 Å². The minimum atomic E-state index is -0.795. The maximum atomic E-state index is 11.2. The van der Waals surface area contributed by atoms with Gasteiger partial charge in [0.15, 0.2) is 5.82 Å². The lowest BCUT2D eigenvalue weighted by molar-refractivity contribution is -0.142. The van der Waals surface area contributed by atoms with E-state index < -0.39 is 11.9 Å². The molecule has 1 aromatic heterocycles. The number of allylic oxidation sites excluding steroid dienone is 2. The molecule has 2 atom stereocenters. The van der Waals surface area contributed by atoms with Gasteiger partial charge in [-0.1, -0.05) is 31.2 Å². The molecule has 2 rings (SSSR count). The average molecular weight is 264 g/mol. The number of aryl methyl sites for hydroxylation is 1. The lowest BCUT2D eigenvalue weighted by atomic mass is 9.83. The van der Waals surface area contributed by atoms with Gasteiger partial charge in [-0.05, 0) is 25.2 Å². The molecule has 0 aliphatic heterocycles. The predicted octanol–water partition coefficient (Wildman–Crippen LogP) is 2.79. The highest BCUT2D eigenvalue weighted by Crippen LogP contribution is 2.33. The summed E-state index contributed by atoms with van der Waals surface area (Å²) in [6.07, 6.45) is 6.87. The van der Waals surface area contributed by atoms with E-state index in [1.807, 2.05) is 12.2 Å². The normalized spacial score (nSPS) is 22.9. The molecular formula is C14H20N2O3. The Morgan fingerprint density at radius 3 is 2.89 bits per heavy atom. The summed E-state index contributed by atoms with van der Waals surface area (Å²) in [6, 6.07) is 0. The van der Waals surface area contributed by atoms with Crippen LogP contribution in [0.1, 0.15) is 50.7 Å². The second kappa shape index (κ2) is 5.99. The first-order valence-corrected chi connectivity index (χ1v) is 6.78. The summed E-state index contributed by atoms with van der Waals surface area (Å²) in [7, 11) is 0. The third kappa shape index (κ3) is 3.43. The topological polar surface area (TPSA) is 76.2 Å². The van der Waals surface area contributed by atoms with Crippen LogP contribution in [0.4, 0.5) is 0 Å². The first-order valence-electron chi connectivity index (χ1n) is 6.78. The molecule has 5 heteroatoms. The zero-order chi connectivity index (χ0) is 13.8. The number of aliphatic carboxylic acids is 1. The monoisotopic (exact) mass is 264 g/mol. The Morgan fingerprint density at radius 2 is 2.21 bits per heavy atom. The number of nitrogens with zero attached hydrogens (tertiary/aromatic N) is 2. The summed E-state index contributed by atoms with van der Waals surface area (Å²) in [5.41, 5.74) is 0. The number of aromatic nitrogens is 2. The predicted molar refractivity (Wildman–Crippen MR) is 69.7 cm³/mol. The molecule has 5 nitrogen and oxygen atoms in total. The van der Waals surface area contributed by atoms with E-state index in [4.69, 9.17) is 4.52 Å². The minimum Gasteiger partial charge on any atom is -0.481 e. The molecule has 0 amide bonds. The lowest BCUT2D eigenvalue weighted by Gasteiger charge is -2.21. The van der Waals surface area contributed by atoms with Gasteiger partial charge in [0.2, 0.25) is 5.89 Å². The van der Waals surface area contributed by atoms with Gasteiger partial charge in [-0.3, -0.25) is 4.79 Å². The molecule has 0 unspecified atom stereocenters. The van der Waals surface area contributed by atoms with Gasteiger partial charge in [0, 0.05) is 6.42 Å². The molecule has 0 aromatic carbocycles. The summed E-state index contributed by atoms with van der Waals surface area (Å²) in [5.74, 6) is 0.298. The van der Waals surface area contributed by atoms with Crippen molar-refractivity contribution < 1.29 is 14.4 Å². The van der Waals surface area contributed by atoms with Gasteiger partial charge in [-0.2, -0.15) is 4.98 Å². The number of carboxylic acids is 1. The first kappa shape index (κ1) is 13.8. The zero-order valence-electron chi connectivity index (χ0n) is 11.4. The average Bonchev–Trinajstić information content (AvgIpc) is 2.85. The molecule has 0 radical (unpaired) electrons. The van der Waals surface area contributed by atoms with Crippen LogP contribution in [0.25, 0.3) is 0 Å². The number of rotatable bonds is 5. The molecule has 0 saturated heterocycles. The maximum Gasteiger partial charge on any atom is 0.307 e. The molecule has 1 aromatic rings. The number of carbonyl (C=O) groups is 1. The van der Waals surface area contributed by atoms with Crippen LogP contribution in [0.3, 0.4) is 0 Å². The van der Waals surface area contributed by atoms with Gasteiger partial charge in [0.1, 0.15) is 0 Å². The van der Waals surface area contributed by atoms with Crippen molar-refractivity contribution in [2.24, 2.45) is 11.8 Å². The summed E-state index contributed by atoms with van der Waals surface area (Å²) in [4.78, 5) is 15.6. The van der Waals surface area contributed by atoms with Crippen LogP contribution in [-0.4, -0.2) is 21.2 Å². The molecule has 1 aliphatic carbocycles. The fraction of sp³-hybridized carbons (Fsp3) is 0.643. The van der Waals surface area contributed by atoms with Gasteiger partial charge in [-0.25, -0.2) is 0 Å². The van der Waals surface area contributed by atoms with Crippen LogP contribution in [-0.2, 0) is 11.2 Å². The van der Waals surface area contributed by atoms with Crippen molar-refractivity contribution in [1.82, 2.24) is 10.1 Å². The molecule has 1 N–H and O–H groups in total. The summed E-state index contributed by atoms with van der Waals surface area (Å²) in [5, 5.41) is 13.2. The highest BCUT2D eigenvalue weighted by Gasteiger charge is 2.33. The Hall–Kier alpha value is -1.65. The number of hydrogen-bond acceptors (Lipinski definition) is 4. The molecule has 1 heterocycles. The van der Waals surface area contributed by atoms with Gasteiger partial charge in [-0.15, -0.1) is 0 Å². The van der Waals surface area contributed by atoms with Crippen molar-refractivity contribution in [1.29, 1.82) is 0 Å². The third-order valence-electron chi connectivity index (χ3n) is 3.50. The largest absolute Gasteiger partial charge is 0.481 e. The highest BCUT2D eigenvalue weighted by atomic mass is 16.5. The van der Waals surface area contributed by atoms with Gasteiger partial charge in [0.25, 0.3) is 0 Å². The van der Waals surface area contributed by atoms with E-state index in [1.165, 1.54) is 0 Å². The standard InChI is InChI=1S/C14H20N2O3/c1-9(2)7-8-12-15-13(19-16-12)10-5-3-4-6-11(10)14(17)18/h3-4,9-11H,5-8H2,1-2H3,(H,17,18)/t10-,11+/m1/s1. The van der Waals surface area contributed by atoms with Crippen molar-refractivity contribution in [3.8, 4) is 0 Å². The lowest BCUT2D eigenvalue weighted by Crippen LogP contribution is -2.23. The Balaban J connectivity index is 2.08. The fourth-order valence-corrected chi connectivity index (χ4v) is 2.30. The summed E-state index contributed by atoms with van der Waals surface area (Å²) >= 11 is 0. The molecule has 0 spiro atoms. The van der Waals surface area contributed by atoms with Crippen LogP contribution in [0.5, 0.6) is 0 Å². The summed E-state index contributed by atoms with van der Waals surface area (Å²) < 4.78 is 5.26. The molecule has 0 saturated carbocycles. The molecule has 104 valence electrons. The zero-order valence-corrected chi connectivity index (χ0v) is 11.4. The first-order chi connectivity index (χ1) is 9.08. The Morgan fingerprint density at radius 1 is 1.47 bits per heavy atom. The second-order valence-electron chi connectivity index (χ2n) is 5.48. The van der Waals surface area contributed by atoms with Crippen LogP contribution in [0.2, 0.25) is 0 Å². The van der Waals surface area contributed by atoms with Crippen LogP contribution in [0, 0.1) is 11.8 Å². The Kier molecular flexibility index (Phi) is 4.35. The molecule has 19 heavy (non-hydrogen) atoms. The fourth-order valence-electron chi connectivity index (χ4n) is 2.30. The smallest absolute Gasteiger partial charge is 0.307 e. The van der Waals surface area contributed by atoms with E-state index >= 15 is 0 Å². The molecule has 0 fully saturated rings. The van der Waals surface area contributed by atoms with E-state index in [0.29, 0.717) is 30.5 Å². The second-order valence-corrected chi connectivity index (χ2v) is 5.48. The van der Waals surface area contributed by atoms with E-state index in [-0.39, 0.29) is 5.92 Å². The van der Waals surface area contributed by atoms with Crippen molar-refractivity contribution in [2.75, 3.05) is 0 Å². The SMILES string of the molecule is CC(C)CCc1noc([C@@H]2CC=CC[C@@H]2C(=O)O)n1. The van der Waals surface area contributed by atoms with Gasteiger partial charge < -0.3 is 9.63 Å². The number of carboxylic acid groups (broad SMARTS) is 1. The minimum absolute atomic E-state index is 0.192. The molecular weight excluding hydrogens is 244 g/mol. The van der Waals surface area contributed by atoms with Crippen molar-refractivity contribution in [3.05, 3.63) is 23.9 Å². The van der Waals surface area contributed by atoms with Crippen LogP contribution in [0.15, 0.2) is 16.7 Å². The van der Waals surface area contributed by atoms with Crippen molar-refractivity contribution in [3.63, 3.8) is 0 Å². The highest BCUT2D eigenvalue weighted by molar-refractivity contribution is 5.71. The van der Waals surface area contributed by atoms with E-state index in [1.54, 1.807) is 0 Å².